The molecule has 2 N–H and O–H groups in total. The molecule has 3 aromatic rings. The highest BCUT2D eigenvalue weighted by Gasteiger charge is 2.12. The predicted octanol–water partition coefficient (Wildman–Crippen LogP) is 3.07. The summed E-state index contributed by atoms with van der Waals surface area (Å²) in [4.78, 5) is 8.75. The van der Waals surface area contributed by atoms with Crippen molar-refractivity contribution in [3.63, 3.8) is 0 Å². The van der Waals surface area contributed by atoms with Gasteiger partial charge in [0.25, 0.3) is 0 Å². The number of hydrogen-bond acceptors (Lipinski definition) is 3. The first-order valence-corrected chi connectivity index (χ1v) is 6.31. The largest absolute Gasteiger partial charge is 0.369 e. The van der Waals surface area contributed by atoms with Crippen LogP contribution in [0.25, 0.3) is 16.9 Å². The molecule has 5 heteroatoms. The highest BCUT2D eigenvalue weighted by Crippen LogP contribution is 2.24. The molecule has 0 aliphatic rings. The van der Waals surface area contributed by atoms with Crippen molar-refractivity contribution in [3.05, 3.63) is 46.6 Å². The SMILES string of the molecule is Cc1ccnc2c1nc(N)n2-c1ccc(Br)cc1. The molecule has 1 aromatic carbocycles. The summed E-state index contributed by atoms with van der Waals surface area (Å²) in [5.41, 5.74) is 9.65. The summed E-state index contributed by atoms with van der Waals surface area (Å²) in [5.74, 6) is 0.453. The van der Waals surface area contributed by atoms with Crippen molar-refractivity contribution in [1.82, 2.24) is 14.5 Å². The Balaban J connectivity index is 2.32. The summed E-state index contributed by atoms with van der Waals surface area (Å²) in [5, 5.41) is 0. The molecule has 18 heavy (non-hydrogen) atoms. The van der Waals surface area contributed by atoms with Crippen molar-refractivity contribution in [1.29, 1.82) is 0 Å². The number of aromatic nitrogens is 3. The number of benzene rings is 1. The quantitative estimate of drug-likeness (QED) is 0.751. The molecule has 0 saturated heterocycles. The number of aryl methyl sites for hydroxylation is 1. The Labute approximate surface area is 113 Å². The Hall–Kier alpha value is -1.88. The van der Waals surface area contributed by atoms with Crippen molar-refractivity contribution < 1.29 is 0 Å². The van der Waals surface area contributed by atoms with Gasteiger partial charge in [-0.1, -0.05) is 15.9 Å². The van der Waals surface area contributed by atoms with E-state index in [0.717, 1.165) is 26.9 Å². The summed E-state index contributed by atoms with van der Waals surface area (Å²) < 4.78 is 2.88. The third kappa shape index (κ3) is 1.67. The van der Waals surface area contributed by atoms with Crippen LogP contribution in [-0.4, -0.2) is 14.5 Å². The minimum Gasteiger partial charge on any atom is -0.369 e. The third-order valence-corrected chi connectivity index (χ3v) is 3.39. The lowest BCUT2D eigenvalue weighted by atomic mass is 10.2. The number of nitrogens with zero attached hydrogens (tertiary/aromatic N) is 3. The van der Waals surface area contributed by atoms with E-state index in [-0.39, 0.29) is 0 Å². The van der Waals surface area contributed by atoms with Gasteiger partial charge in [-0.2, -0.15) is 0 Å². The van der Waals surface area contributed by atoms with E-state index in [1.807, 2.05) is 41.8 Å². The molecule has 3 rings (SSSR count). The van der Waals surface area contributed by atoms with Crippen LogP contribution in [0.2, 0.25) is 0 Å². The molecule has 0 radical (unpaired) electrons. The second-order valence-electron chi connectivity index (χ2n) is 4.08. The van der Waals surface area contributed by atoms with Gasteiger partial charge in [-0.3, -0.25) is 4.57 Å². The van der Waals surface area contributed by atoms with Gasteiger partial charge in [-0.15, -0.1) is 0 Å². The average molecular weight is 303 g/mol. The summed E-state index contributed by atoms with van der Waals surface area (Å²) in [6, 6.07) is 9.82. The molecule has 2 aromatic heterocycles. The molecule has 0 atom stereocenters. The van der Waals surface area contributed by atoms with Gasteiger partial charge < -0.3 is 5.73 Å². The minimum absolute atomic E-state index is 0.453. The number of hydrogen-bond donors (Lipinski definition) is 1. The molecule has 0 aliphatic heterocycles. The van der Waals surface area contributed by atoms with Gasteiger partial charge in [0.15, 0.2) is 5.65 Å². The first kappa shape index (κ1) is 11.2. The lowest BCUT2D eigenvalue weighted by Gasteiger charge is -2.05. The molecule has 0 saturated carbocycles. The maximum atomic E-state index is 5.99. The molecule has 0 aliphatic carbocycles. The van der Waals surface area contributed by atoms with Crippen molar-refractivity contribution in [2.24, 2.45) is 0 Å². The molecule has 0 bridgehead atoms. The number of imidazole rings is 1. The van der Waals surface area contributed by atoms with Gasteiger partial charge in [0.2, 0.25) is 5.95 Å². The van der Waals surface area contributed by atoms with Crippen LogP contribution in [0.15, 0.2) is 41.0 Å². The number of nitrogen functional groups attached to an aromatic ring is 1. The Morgan fingerprint density at radius 3 is 2.61 bits per heavy atom. The fourth-order valence-corrected chi connectivity index (χ4v) is 2.22. The molecular formula is C13H11BrN4. The normalized spacial score (nSPS) is 11.0. The molecule has 0 unspecified atom stereocenters. The van der Waals surface area contributed by atoms with Gasteiger partial charge in [-0.05, 0) is 42.8 Å². The van der Waals surface area contributed by atoms with E-state index in [1.54, 1.807) is 6.20 Å². The molecule has 0 amide bonds. The van der Waals surface area contributed by atoms with Crippen molar-refractivity contribution >= 4 is 33.0 Å². The van der Waals surface area contributed by atoms with E-state index >= 15 is 0 Å². The van der Waals surface area contributed by atoms with E-state index in [1.165, 1.54) is 0 Å². The molecular weight excluding hydrogens is 292 g/mol. The number of rotatable bonds is 1. The van der Waals surface area contributed by atoms with Crippen LogP contribution in [0, 0.1) is 6.92 Å². The van der Waals surface area contributed by atoms with E-state index < -0.39 is 0 Å². The zero-order chi connectivity index (χ0) is 12.7. The number of pyridine rings is 1. The maximum absolute atomic E-state index is 5.99. The predicted molar refractivity (Wildman–Crippen MR) is 75.7 cm³/mol. The lowest BCUT2D eigenvalue weighted by Crippen LogP contribution is -2.01. The van der Waals surface area contributed by atoms with Crippen LogP contribution >= 0.6 is 15.9 Å². The average Bonchev–Trinajstić information content (AvgIpc) is 2.69. The van der Waals surface area contributed by atoms with Crippen LogP contribution in [0.4, 0.5) is 5.95 Å². The van der Waals surface area contributed by atoms with Crippen molar-refractivity contribution in [2.75, 3.05) is 5.73 Å². The van der Waals surface area contributed by atoms with Gasteiger partial charge in [0.05, 0.1) is 5.69 Å². The van der Waals surface area contributed by atoms with Gasteiger partial charge in [0.1, 0.15) is 5.52 Å². The molecule has 0 spiro atoms. The second-order valence-corrected chi connectivity index (χ2v) is 5.00. The third-order valence-electron chi connectivity index (χ3n) is 2.86. The second kappa shape index (κ2) is 4.10. The van der Waals surface area contributed by atoms with Crippen LogP contribution in [0.1, 0.15) is 5.56 Å². The Morgan fingerprint density at radius 1 is 1.17 bits per heavy atom. The van der Waals surface area contributed by atoms with E-state index in [0.29, 0.717) is 5.95 Å². The van der Waals surface area contributed by atoms with Gasteiger partial charge in [-0.25, -0.2) is 9.97 Å². The van der Waals surface area contributed by atoms with Gasteiger partial charge in [0, 0.05) is 10.7 Å². The van der Waals surface area contributed by atoms with Crippen molar-refractivity contribution in [2.45, 2.75) is 6.92 Å². The first-order chi connectivity index (χ1) is 8.66. The zero-order valence-electron chi connectivity index (χ0n) is 9.76. The highest BCUT2D eigenvalue weighted by atomic mass is 79.9. The standard InChI is InChI=1S/C13H11BrN4/c1-8-6-7-16-12-11(8)17-13(15)18(12)10-4-2-9(14)3-5-10/h2-7H,1H3,(H2,15,17). The highest BCUT2D eigenvalue weighted by molar-refractivity contribution is 9.10. The van der Waals surface area contributed by atoms with E-state index in [9.17, 15) is 0 Å². The number of halogens is 1. The van der Waals surface area contributed by atoms with E-state index in [2.05, 4.69) is 25.9 Å². The Kier molecular flexibility index (Phi) is 2.56. The molecule has 90 valence electrons. The number of nitrogens with two attached hydrogens (primary N) is 1. The summed E-state index contributed by atoms with van der Waals surface area (Å²) in [6.45, 7) is 2.00. The first-order valence-electron chi connectivity index (χ1n) is 5.52. The number of anilines is 1. The van der Waals surface area contributed by atoms with Crippen LogP contribution < -0.4 is 5.73 Å². The Bertz CT molecular complexity index is 716. The summed E-state index contributed by atoms with van der Waals surface area (Å²) >= 11 is 3.42. The van der Waals surface area contributed by atoms with Crippen LogP contribution in [-0.2, 0) is 0 Å². The van der Waals surface area contributed by atoms with Crippen LogP contribution in [0.5, 0.6) is 0 Å². The smallest absolute Gasteiger partial charge is 0.207 e. The summed E-state index contributed by atoms with van der Waals surface area (Å²) in [6.07, 6.45) is 1.77. The molecule has 2 heterocycles. The van der Waals surface area contributed by atoms with Crippen molar-refractivity contribution in [3.8, 4) is 5.69 Å². The minimum atomic E-state index is 0.453. The fraction of sp³-hybridized carbons (Fsp3) is 0.0769. The maximum Gasteiger partial charge on any atom is 0.207 e. The molecule has 0 fully saturated rings. The van der Waals surface area contributed by atoms with E-state index in [4.69, 9.17) is 5.73 Å². The number of fused-ring (bicyclic) bond motifs is 1. The molecule has 4 nitrogen and oxygen atoms in total. The van der Waals surface area contributed by atoms with Crippen LogP contribution in [0.3, 0.4) is 0 Å². The summed E-state index contributed by atoms with van der Waals surface area (Å²) in [7, 11) is 0. The monoisotopic (exact) mass is 302 g/mol. The zero-order valence-corrected chi connectivity index (χ0v) is 11.3. The fourth-order valence-electron chi connectivity index (χ4n) is 1.96. The lowest BCUT2D eigenvalue weighted by molar-refractivity contribution is 1.08. The topological polar surface area (TPSA) is 56.7 Å². The van der Waals surface area contributed by atoms with Gasteiger partial charge >= 0.3 is 0 Å². The Morgan fingerprint density at radius 2 is 1.89 bits per heavy atom.